The molecule has 12 heteroatoms. The minimum Gasteiger partial charge on any atom is -0.464 e. The molecule has 0 saturated heterocycles. The Kier molecular flexibility index (Phi) is 8.28. The molecule has 12 nitrogen and oxygen atoms in total. The molecule has 2 heterocycles. The fourth-order valence-corrected chi connectivity index (χ4v) is 3.81. The lowest BCUT2D eigenvalue weighted by atomic mass is 9.98. The minimum atomic E-state index is -0.857. The van der Waals surface area contributed by atoms with Crippen LogP contribution in [0.3, 0.4) is 0 Å². The topological polar surface area (TPSA) is 159 Å². The standard InChI is InChI=1S/C22H29N7O5/c1-4-13(3)20(24-18(30)11-17-25-27-28-26-17)21(32)23-12-19(31)29-15-9-7-6-8-14(15)10-16(29)22(33)34-5-2/h6-9,13,16,20H,4-5,10-12H2,1-3H3,(H,23,32)(H,24,30)(H,25,26,27,28)/t13-,16-,20-/m0/s1. The summed E-state index contributed by atoms with van der Waals surface area (Å²) in [5.41, 5.74) is 1.47. The lowest BCUT2D eigenvalue weighted by Crippen LogP contribution is -2.53. The van der Waals surface area contributed by atoms with Gasteiger partial charge in [0.05, 0.1) is 19.6 Å². The molecule has 1 aromatic heterocycles. The van der Waals surface area contributed by atoms with Crippen molar-refractivity contribution in [2.45, 2.75) is 52.1 Å². The molecule has 1 aliphatic rings. The van der Waals surface area contributed by atoms with E-state index in [4.69, 9.17) is 4.74 Å². The quantitative estimate of drug-likeness (QED) is 0.405. The van der Waals surface area contributed by atoms with Gasteiger partial charge in [0, 0.05) is 12.1 Å². The van der Waals surface area contributed by atoms with Gasteiger partial charge < -0.3 is 15.4 Å². The molecule has 0 unspecified atom stereocenters. The summed E-state index contributed by atoms with van der Waals surface area (Å²) in [6.45, 7) is 5.29. The highest BCUT2D eigenvalue weighted by Gasteiger charge is 2.39. The largest absolute Gasteiger partial charge is 0.464 e. The highest BCUT2D eigenvalue weighted by molar-refractivity contribution is 6.04. The number of para-hydroxylation sites is 1. The van der Waals surface area contributed by atoms with Crippen LogP contribution in [-0.2, 0) is 36.8 Å². The number of H-pyrrole nitrogens is 1. The van der Waals surface area contributed by atoms with Gasteiger partial charge in [-0.2, -0.15) is 5.21 Å². The number of esters is 1. The number of hydrogen-bond donors (Lipinski definition) is 3. The van der Waals surface area contributed by atoms with Gasteiger partial charge in [-0.15, -0.1) is 10.2 Å². The van der Waals surface area contributed by atoms with Gasteiger partial charge in [-0.1, -0.05) is 43.7 Å². The predicted molar refractivity (Wildman–Crippen MR) is 120 cm³/mol. The minimum absolute atomic E-state index is 0.137. The van der Waals surface area contributed by atoms with Crippen LogP contribution < -0.4 is 15.5 Å². The van der Waals surface area contributed by atoms with Crippen LogP contribution in [0.15, 0.2) is 24.3 Å². The third kappa shape index (κ3) is 5.74. The third-order valence-electron chi connectivity index (χ3n) is 5.74. The van der Waals surface area contributed by atoms with Gasteiger partial charge in [0.1, 0.15) is 12.1 Å². The van der Waals surface area contributed by atoms with E-state index >= 15 is 0 Å². The van der Waals surface area contributed by atoms with Crippen molar-refractivity contribution in [1.82, 2.24) is 31.3 Å². The number of carbonyl (C=O) groups is 4. The normalized spacial score (nSPS) is 16.3. The van der Waals surface area contributed by atoms with Gasteiger partial charge >= 0.3 is 5.97 Å². The molecular formula is C22H29N7O5. The van der Waals surface area contributed by atoms with E-state index in [0.717, 1.165) is 5.56 Å². The first-order chi connectivity index (χ1) is 16.3. The molecular weight excluding hydrogens is 442 g/mol. The first kappa shape index (κ1) is 24.8. The number of hydrogen-bond acceptors (Lipinski definition) is 8. The summed E-state index contributed by atoms with van der Waals surface area (Å²) in [5, 5.41) is 18.4. The van der Waals surface area contributed by atoms with Crippen LogP contribution in [0.25, 0.3) is 0 Å². The maximum absolute atomic E-state index is 13.1. The van der Waals surface area contributed by atoms with E-state index in [1.54, 1.807) is 19.1 Å². The van der Waals surface area contributed by atoms with Crippen LogP contribution in [0.4, 0.5) is 5.69 Å². The number of rotatable bonds is 10. The van der Waals surface area contributed by atoms with E-state index in [0.29, 0.717) is 18.5 Å². The summed E-state index contributed by atoms with van der Waals surface area (Å²) in [7, 11) is 0. The van der Waals surface area contributed by atoms with Crippen molar-refractivity contribution in [3.8, 4) is 0 Å². The van der Waals surface area contributed by atoms with Crippen LogP contribution in [0, 0.1) is 5.92 Å². The van der Waals surface area contributed by atoms with E-state index in [2.05, 4.69) is 31.3 Å². The van der Waals surface area contributed by atoms with E-state index in [-0.39, 0.29) is 31.3 Å². The molecule has 1 aliphatic heterocycles. The fourth-order valence-electron chi connectivity index (χ4n) is 3.81. The zero-order valence-electron chi connectivity index (χ0n) is 19.4. The number of nitrogens with one attached hydrogen (secondary N) is 3. The van der Waals surface area contributed by atoms with Gasteiger partial charge in [-0.05, 0) is 24.5 Å². The Morgan fingerprint density at radius 1 is 1.24 bits per heavy atom. The third-order valence-corrected chi connectivity index (χ3v) is 5.74. The van der Waals surface area contributed by atoms with Gasteiger partial charge in [0.2, 0.25) is 17.7 Å². The number of benzene rings is 1. The SMILES string of the molecule is CCOC(=O)[C@@H]1Cc2ccccc2N1C(=O)CNC(=O)[C@@H](NC(=O)Cc1nn[nH]n1)[C@@H](C)CC. The lowest BCUT2D eigenvalue weighted by molar-refractivity contribution is -0.145. The van der Waals surface area contributed by atoms with Crippen molar-refractivity contribution in [3.63, 3.8) is 0 Å². The van der Waals surface area contributed by atoms with Crippen LogP contribution >= 0.6 is 0 Å². The molecule has 0 aliphatic carbocycles. The molecule has 34 heavy (non-hydrogen) atoms. The smallest absolute Gasteiger partial charge is 0.329 e. The van der Waals surface area contributed by atoms with Gasteiger partial charge in [-0.3, -0.25) is 19.3 Å². The van der Waals surface area contributed by atoms with Gasteiger partial charge in [-0.25, -0.2) is 4.79 Å². The van der Waals surface area contributed by atoms with Crippen molar-refractivity contribution >= 4 is 29.4 Å². The molecule has 0 saturated carbocycles. The molecule has 0 spiro atoms. The average molecular weight is 472 g/mol. The zero-order chi connectivity index (χ0) is 24.7. The van der Waals surface area contributed by atoms with Gasteiger partial charge in [0.25, 0.3) is 0 Å². The number of ether oxygens (including phenoxy) is 1. The van der Waals surface area contributed by atoms with Crippen molar-refractivity contribution in [2.75, 3.05) is 18.1 Å². The summed E-state index contributed by atoms with van der Waals surface area (Å²) in [4.78, 5) is 52.3. The summed E-state index contributed by atoms with van der Waals surface area (Å²) < 4.78 is 5.15. The van der Waals surface area contributed by atoms with Crippen LogP contribution in [-0.4, -0.2) is 69.6 Å². The Bertz CT molecular complexity index is 1030. The molecule has 2 aromatic rings. The molecule has 1 aromatic carbocycles. The number of anilines is 1. The van der Waals surface area contributed by atoms with E-state index < -0.39 is 35.8 Å². The number of tetrazole rings is 1. The average Bonchev–Trinajstić information content (AvgIpc) is 3.48. The van der Waals surface area contributed by atoms with E-state index in [1.807, 2.05) is 26.0 Å². The summed E-state index contributed by atoms with van der Waals surface area (Å²) in [6, 6.07) is 5.58. The molecule has 0 bridgehead atoms. The van der Waals surface area contributed by atoms with Crippen molar-refractivity contribution in [1.29, 1.82) is 0 Å². The Labute approximate surface area is 196 Å². The fraction of sp³-hybridized carbons (Fsp3) is 0.500. The summed E-state index contributed by atoms with van der Waals surface area (Å²) in [6.07, 6.45) is 0.830. The number of aromatic nitrogens is 4. The second kappa shape index (κ2) is 11.3. The number of nitrogens with zero attached hydrogens (tertiary/aromatic N) is 4. The Morgan fingerprint density at radius 3 is 2.68 bits per heavy atom. The highest BCUT2D eigenvalue weighted by atomic mass is 16.5. The number of aromatic amines is 1. The molecule has 3 rings (SSSR count). The molecule has 3 amide bonds. The molecule has 0 radical (unpaired) electrons. The van der Waals surface area contributed by atoms with Crippen LogP contribution in [0.1, 0.15) is 38.6 Å². The second-order valence-electron chi connectivity index (χ2n) is 8.02. The zero-order valence-corrected chi connectivity index (χ0v) is 19.4. The monoisotopic (exact) mass is 471 g/mol. The van der Waals surface area contributed by atoms with Crippen LogP contribution in [0.2, 0.25) is 0 Å². The number of fused-ring (bicyclic) bond motifs is 1. The molecule has 3 atom stereocenters. The summed E-state index contributed by atoms with van der Waals surface area (Å²) >= 11 is 0. The Hall–Kier alpha value is -3.83. The highest BCUT2D eigenvalue weighted by Crippen LogP contribution is 2.32. The molecule has 3 N–H and O–H groups in total. The maximum Gasteiger partial charge on any atom is 0.329 e. The molecule has 0 fully saturated rings. The molecule has 182 valence electrons. The summed E-state index contributed by atoms with van der Waals surface area (Å²) in [5.74, 6) is -1.87. The Morgan fingerprint density at radius 2 is 2.00 bits per heavy atom. The van der Waals surface area contributed by atoms with Crippen LogP contribution in [0.5, 0.6) is 0 Å². The van der Waals surface area contributed by atoms with E-state index in [1.165, 1.54) is 4.90 Å². The Balaban J connectivity index is 1.67. The lowest BCUT2D eigenvalue weighted by Gasteiger charge is -2.26. The van der Waals surface area contributed by atoms with E-state index in [9.17, 15) is 19.2 Å². The first-order valence-electron chi connectivity index (χ1n) is 11.2. The first-order valence-corrected chi connectivity index (χ1v) is 11.2. The number of carbonyl (C=O) groups excluding carboxylic acids is 4. The second-order valence-corrected chi connectivity index (χ2v) is 8.02. The predicted octanol–water partition coefficient (Wildman–Crippen LogP) is -0.0897. The van der Waals surface area contributed by atoms with Crippen molar-refractivity contribution < 1.29 is 23.9 Å². The van der Waals surface area contributed by atoms with Crippen molar-refractivity contribution in [2.24, 2.45) is 5.92 Å². The van der Waals surface area contributed by atoms with Gasteiger partial charge in [0.15, 0.2) is 5.82 Å². The number of amides is 3. The maximum atomic E-state index is 13.1. The van der Waals surface area contributed by atoms with Crippen molar-refractivity contribution in [3.05, 3.63) is 35.7 Å².